The Morgan fingerprint density at radius 2 is 1.17 bits per heavy atom. The number of nitrogens with one attached hydrogen (secondary N) is 1. The van der Waals surface area contributed by atoms with E-state index in [1.54, 1.807) is 54.7 Å². The first kappa shape index (κ1) is 45.3. The van der Waals surface area contributed by atoms with Crippen LogP contribution in [0.25, 0.3) is 0 Å². The predicted molar refractivity (Wildman–Crippen MR) is 240 cm³/mol. The number of nitrogens with zero attached hydrogens (tertiary/aromatic N) is 4. The summed E-state index contributed by atoms with van der Waals surface area (Å²) >= 11 is 11.8. The lowest BCUT2D eigenvalue weighted by molar-refractivity contribution is -0.384. The Balaban J connectivity index is 0.000000212. The number of para-hydroxylation sites is 2. The molecule has 0 radical (unpaired) electrons. The first-order valence-electron chi connectivity index (χ1n) is 19.4. The fourth-order valence-corrected chi connectivity index (χ4v) is 10.2. The molecule has 0 aliphatic carbocycles. The van der Waals surface area contributed by atoms with Crippen LogP contribution < -0.4 is 18.7 Å². The molecule has 0 saturated carbocycles. The number of alkyl carbamates (subject to hydrolysis) is 1. The van der Waals surface area contributed by atoms with E-state index in [2.05, 4.69) is 10.3 Å². The van der Waals surface area contributed by atoms with Crippen LogP contribution in [0.3, 0.4) is 0 Å². The molecule has 16 nitrogen and oxygen atoms in total. The number of hydrogen-bond donors (Lipinski definition) is 1. The number of nitro groups is 1. The van der Waals surface area contributed by atoms with Gasteiger partial charge < -0.3 is 19.5 Å². The van der Waals surface area contributed by atoms with Gasteiger partial charge in [-0.2, -0.15) is 0 Å². The highest BCUT2D eigenvalue weighted by Gasteiger charge is 2.36. The average molecular weight is 949 g/mol. The molecular formula is C44H39Cl2N5O11S2. The van der Waals surface area contributed by atoms with Crippen molar-refractivity contribution in [3.05, 3.63) is 183 Å². The maximum Gasteiger partial charge on any atom is 0.514 e. The number of non-ortho nitro benzene ring substituents is 1. The van der Waals surface area contributed by atoms with Crippen molar-refractivity contribution in [1.29, 1.82) is 0 Å². The monoisotopic (exact) mass is 947 g/mol. The summed E-state index contributed by atoms with van der Waals surface area (Å²) in [5.41, 5.74) is 3.09. The maximum atomic E-state index is 13.3. The number of pyridine rings is 1. The summed E-state index contributed by atoms with van der Waals surface area (Å²) in [4.78, 5) is 39.1. The topological polar surface area (TPSA) is 205 Å². The van der Waals surface area contributed by atoms with Crippen molar-refractivity contribution in [2.75, 3.05) is 21.7 Å². The van der Waals surface area contributed by atoms with Crippen molar-refractivity contribution in [1.82, 2.24) is 10.3 Å². The zero-order chi connectivity index (χ0) is 45.4. The summed E-state index contributed by atoms with van der Waals surface area (Å²) in [5.74, 6) is 0.0625. The molecule has 332 valence electrons. The van der Waals surface area contributed by atoms with Gasteiger partial charge in [-0.25, -0.2) is 26.4 Å². The maximum absolute atomic E-state index is 13.3. The molecule has 20 heteroatoms. The smallest absolute Gasteiger partial charge is 0.444 e. The molecule has 3 heterocycles. The van der Waals surface area contributed by atoms with E-state index in [0.29, 0.717) is 39.1 Å². The number of amides is 1. The molecule has 0 saturated heterocycles. The largest absolute Gasteiger partial charge is 0.514 e. The minimum atomic E-state index is -3.95. The SMILES string of the molecule is O=C(NCc1ccccn1)OC1Cc2ccccc2N(S(=O)(=O)c2ccc(Cl)cc2)C1.O=C(Oc1ccc([N+](=O)[O-])cc1)OC1Cc2ccccc2N(S(=O)(=O)c2ccc(Cl)cc2)C1.[HH]. The van der Waals surface area contributed by atoms with Gasteiger partial charge in [-0.1, -0.05) is 65.7 Å². The summed E-state index contributed by atoms with van der Waals surface area (Å²) in [7, 11) is -7.82. The van der Waals surface area contributed by atoms with Crippen LogP contribution in [0, 0.1) is 10.1 Å². The first-order chi connectivity index (χ1) is 30.7. The summed E-state index contributed by atoms with van der Waals surface area (Å²) < 4.78 is 71.8. The molecule has 1 amide bonds. The third-order valence-electron chi connectivity index (χ3n) is 9.88. The molecule has 5 aromatic carbocycles. The Hall–Kier alpha value is -6.73. The lowest BCUT2D eigenvalue weighted by Crippen LogP contribution is -2.45. The average Bonchev–Trinajstić information content (AvgIpc) is 3.29. The number of hydrogen-bond acceptors (Lipinski definition) is 12. The molecule has 6 aromatic rings. The molecule has 64 heavy (non-hydrogen) atoms. The van der Waals surface area contributed by atoms with Gasteiger partial charge in [0.1, 0.15) is 18.0 Å². The molecule has 8 rings (SSSR count). The number of aromatic nitrogens is 1. The quantitative estimate of drug-likeness (QED) is 0.0593. The van der Waals surface area contributed by atoms with E-state index in [0.717, 1.165) is 5.56 Å². The number of ether oxygens (including phenoxy) is 3. The first-order valence-corrected chi connectivity index (χ1v) is 23.0. The van der Waals surface area contributed by atoms with Gasteiger partial charge in [-0.3, -0.25) is 23.7 Å². The standard InChI is InChI=1S/C22H20ClN3O4S.C22H17ClN2O7S.H2/c23-17-8-10-20(11-9-17)31(28,29)26-15-19(13-16-5-1-2-7-21(16)26)30-22(27)25-14-18-6-3-4-12-24-18;23-16-5-11-20(12-6-16)33(29,30)24-14-19(13-15-3-1-2-4-21(15)24)32-22(26)31-18-9-7-17(8-10-18)25(27)28;/h1-12,19H,13-15H2,(H,25,27);1-12,19H,13-14H2;1H. The molecule has 0 fully saturated rings. The number of carbonyl (C=O) groups is 2. The van der Waals surface area contributed by atoms with E-state index in [1.165, 1.54) is 81.4 Å². The molecule has 0 bridgehead atoms. The van der Waals surface area contributed by atoms with E-state index in [4.69, 9.17) is 37.4 Å². The zero-order valence-corrected chi connectivity index (χ0v) is 36.5. The van der Waals surface area contributed by atoms with Crippen LogP contribution in [0.5, 0.6) is 5.75 Å². The fourth-order valence-electron chi connectivity index (χ4n) is 6.87. The highest BCUT2D eigenvalue weighted by Crippen LogP contribution is 2.35. The number of rotatable bonds is 10. The van der Waals surface area contributed by atoms with Gasteiger partial charge in [0.15, 0.2) is 0 Å². The number of benzene rings is 5. The molecule has 2 unspecified atom stereocenters. The van der Waals surface area contributed by atoms with Gasteiger partial charge in [0, 0.05) is 42.6 Å². The Kier molecular flexibility index (Phi) is 14.0. The van der Waals surface area contributed by atoms with Gasteiger partial charge in [0.2, 0.25) is 0 Å². The fraction of sp³-hybridized carbons (Fsp3) is 0.159. The summed E-state index contributed by atoms with van der Waals surface area (Å²) in [6.07, 6.45) is -0.776. The van der Waals surface area contributed by atoms with Crippen molar-refractivity contribution in [2.24, 2.45) is 0 Å². The second-order valence-corrected chi connectivity index (χ2v) is 18.8. The van der Waals surface area contributed by atoms with E-state index < -0.39 is 49.4 Å². The van der Waals surface area contributed by atoms with Crippen molar-refractivity contribution < 1.29 is 47.0 Å². The zero-order valence-electron chi connectivity index (χ0n) is 33.4. The minimum absolute atomic E-state index is 0. The van der Waals surface area contributed by atoms with E-state index in [-0.39, 0.29) is 48.7 Å². The predicted octanol–water partition coefficient (Wildman–Crippen LogP) is 8.61. The third kappa shape index (κ3) is 10.9. The van der Waals surface area contributed by atoms with Crippen LogP contribution in [0.2, 0.25) is 10.0 Å². The van der Waals surface area contributed by atoms with Gasteiger partial charge in [0.25, 0.3) is 25.7 Å². The number of fused-ring (bicyclic) bond motifs is 2. The van der Waals surface area contributed by atoms with Crippen molar-refractivity contribution >= 4 is 72.6 Å². The molecule has 1 aromatic heterocycles. The van der Waals surface area contributed by atoms with E-state index in [9.17, 15) is 36.5 Å². The van der Waals surface area contributed by atoms with Crippen molar-refractivity contribution in [3.63, 3.8) is 0 Å². The van der Waals surface area contributed by atoms with Crippen LogP contribution in [0.1, 0.15) is 18.2 Å². The number of nitro benzene ring substituents is 1. The second-order valence-electron chi connectivity index (χ2n) is 14.2. The van der Waals surface area contributed by atoms with Crippen LogP contribution in [0.4, 0.5) is 26.7 Å². The normalized spacial score (nSPS) is 15.6. The molecule has 2 aliphatic rings. The summed E-state index contributed by atoms with van der Waals surface area (Å²) in [5, 5.41) is 14.3. The van der Waals surface area contributed by atoms with Gasteiger partial charge in [-0.15, -0.1) is 0 Å². The van der Waals surface area contributed by atoms with Gasteiger partial charge in [0.05, 0.1) is 51.4 Å². The summed E-state index contributed by atoms with van der Waals surface area (Å²) in [6, 6.07) is 36.3. The number of sulfonamides is 2. The van der Waals surface area contributed by atoms with Crippen LogP contribution >= 0.6 is 23.2 Å². The Bertz CT molecular complexity index is 2870. The van der Waals surface area contributed by atoms with Crippen LogP contribution in [-0.4, -0.2) is 64.3 Å². The second kappa shape index (κ2) is 19.8. The van der Waals surface area contributed by atoms with Gasteiger partial charge >= 0.3 is 12.2 Å². The van der Waals surface area contributed by atoms with E-state index >= 15 is 0 Å². The molecule has 2 atom stereocenters. The molecule has 0 spiro atoms. The Labute approximate surface area is 379 Å². The number of carbonyl (C=O) groups excluding carboxylic acids is 2. The summed E-state index contributed by atoms with van der Waals surface area (Å²) in [6.45, 7) is 0.117. The van der Waals surface area contributed by atoms with E-state index in [1.807, 2.05) is 18.2 Å². The third-order valence-corrected chi connectivity index (χ3v) is 14.0. The highest BCUT2D eigenvalue weighted by molar-refractivity contribution is 7.93. The molecule has 1 N–H and O–H groups in total. The Morgan fingerprint density at radius 1 is 0.688 bits per heavy atom. The number of anilines is 2. The minimum Gasteiger partial charge on any atom is -0.444 e. The Morgan fingerprint density at radius 3 is 1.66 bits per heavy atom. The van der Waals surface area contributed by atoms with Gasteiger partial charge in [-0.05, 0) is 96.1 Å². The lowest BCUT2D eigenvalue weighted by Gasteiger charge is -2.34. The molecular weight excluding hydrogens is 910 g/mol. The van der Waals surface area contributed by atoms with Crippen LogP contribution in [0.15, 0.2) is 156 Å². The number of halogens is 2. The van der Waals surface area contributed by atoms with Crippen molar-refractivity contribution in [3.8, 4) is 5.75 Å². The highest BCUT2D eigenvalue weighted by atomic mass is 35.5. The lowest BCUT2D eigenvalue weighted by atomic mass is 10.0. The molecule has 2 aliphatic heterocycles. The van der Waals surface area contributed by atoms with Crippen LogP contribution in [-0.2, 0) is 48.9 Å². The van der Waals surface area contributed by atoms with Crippen molar-refractivity contribution in [2.45, 2.75) is 41.4 Å².